The Morgan fingerprint density at radius 3 is 2.43 bits per heavy atom. The van der Waals surface area contributed by atoms with E-state index in [4.69, 9.17) is 4.98 Å². The summed E-state index contributed by atoms with van der Waals surface area (Å²) in [5.74, 6) is -0.178. The normalized spacial score (nSPS) is 19.1. The zero-order valence-corrected chi connectivity index (χ0v) is 21.2. The Morgan fingerprint density at radius 2 is 1.74 bits per heavy atom. The van der Waals surface area contributed by atoms with E-state index in [1.807, 2.05) is 34.1 Å². The molecule has 2 aliphatic rings. The van der Waals surface area contributed by atoms with Crippen LogP contribution >= 0.6 is 0 Å². The first-order valence-electron chi connectivity index (χ1n) is 12.8. The molecule has 1 atom stereocenters. The van der Waals surface area contributed by atoms with E-state index in [1.165, 1.54) is 0 Å². The maximum absolute atomic E-state index is 14.1. The summed E-state index contributed by atoms with van der Waals surface area (Å²) in [6, 6.07) is 11.3. The summed E-state index contributed by atoms with van der Waals surface area (Å²) in [5.41, 5.74) is 2.78. The van der Waals surface area contributed by atoms with Crippen molar-refractivity contribution in [1.29, 1.82) is 0 Å². The van der Waals surface area contributed by atoms with Gasteiger partial charge in [-0.3, -0.25) is 19.5 Å². The summed E-state index contributed by atoms with van der Waals surface area (Å²) in [6.07, 6.45) is 2.85. The number of pyridine rings is 1. The first-order chi connectivity index (χ1) is 17.0. The molecule has 2 aromatic rings. The summed E-state index contributed by atoms with van der Waals surface area (Å²) < 4.78 is 0. The van der Waals surface area contributed by atoms with Gasteiger partial charge in [-0.05, 0) is 51.1 Å². The van der Waals surface area contributed by atoms with E-state index in [1.54, 1.807) is 18.3 Å². The fourth-order valence-electron chi connectivity index (χ4n) is 5.00. The van der Waals surface area contributed by atoms with Gasteiger partial charge in [0, 0.05) is 58.1 Å². The van der Waals surface area contributed by atoms with Gasteiger partial charge in [-0.15, -0.1) is 0 Å². The number of carbonyl (C=O) groups excluding carboxylic acids is 2. The lowest BCUT2D eigenvalue weighted by molar-refractivity contribution is 0.0439. The highest BCUT2D eigenvalue weighted by Gasteiger charge is 2.35. The second kappa shape index (κ2) is 11.6. The fourth-order valence-corrected chi connectivity index (χ4v) is 5.00. The zero-order chi connectivity index (χ0) is 24.8. The molecule has 0 aliphatic carbocycles. The van der Waals surface area contributed by atoms with E-state index in [-0.39, 0.29) is 23.9 Å². The first kappa shape index (κ1) is 25.1. The molecule has 0 radical (unpaired) electrons. The number of hydrogen-bond acceptors (Lipinski definition) is 6. The average Bonchev–Trinajstić information content (AvgIpc) is 2.88. The van der Waals surface area contributed by atoms with Gasteiger partial charge in [0.25, 0.3) is 11.8 Å². The average molecular weight is 479 g/mol. The predicted molar refractivity (Wildman–Crippen MR) is 139 cm³/mol. The zero-order valence-electron chi connectivity index (χ0n) is 21.2. The van der Waals surface area contributed by atoms with Gasteiger partial charge in [0.05, 0.1) is 28.6 Å². The second-order valence-corrected chi connectivity index (χ2v) is 9.64. The Morgan fingerprint density at radius 1 is 1.03 bits per heavy atom. The Labute approximate surface area is 208 Å². The Kier molecular flexibility index (Phi) is 8.36. The minimum absolute atomic E-state index is 0.0726. The van der Waals surface area contributed by atoms with E-state index >= 15 is 0 Å². The predicted octanol–water partition coefficient (Wildman–Crippen LogP) is 2.86. The molecule has 35 heavy (non-hydrogen) atoms. The summed E-state index contributed by atoms with van der Waals surface area (Å²) in [4.78, 5) is 38.3. The molecule has 1 aromatic heterocycles. The topological polar surface area (TPSA) is 80.8 Å². The van der Waals surface area contributed by atoms with Crippen molar-refractivity contribution in [1.82, 2.24) is 25.0 Å². The minimum Gasteiger partial charge on any atom is -0.381 e. The molecule has 2 N–H and O–H groups in total. The third kappa shape index (κ3) is 5.82. The smallest absolute Gasteiger partial charge is 0.255 e. The largest absolute Gasteiger partial charge is 0.381 e. The van der Waals surface area contributed by atoms with Crippen molar-refractivity contribution >= 4 is 17.5 Å². The fraction of sp³-hybridized carbons (Fsp3) is 0.519. The van der Waals surface area contributed by atoms with E-state index in [2.05, 4.69) is 36.3 Å². The maximum Gasteiger partial charge on any atom is 0.255 e. The molecule has 8 nitrogen and oxygen atoms in total. The van der Waals surface area contributed by atoms with Crippen molar-refractivity contribution in [2.75, 3.05) is 57.7 Å². The summed E-state index contributed by atoms with van der Waals surface area (Å²) >= 11 is 0. The standard InChI is InChI=1S/C27H38N6O2/c1-4-14-31-17-18-33(24(19-31)25-23(30-20(2)3)10-7-11-29-25)27(35)22-9-6-5-8-21(22)26(34)32-15-12-28-13-16-32/h5-11,20,24,28,30H,4,12-19H2,1-3H3. The molecule has 2 aliphatic heterocycles. The van der Waals surface area contributed by atoms with Crippen LogP contribution < -0.4 is 10.6 Å². The highest BCUT2D eigenvalue weighted by molar-refractivity contribution is 6.07. The number of nitrogens with zero attached hydrogens (tertiary/aromatic N) is 4. The lowest BCUT2D eigenvalue weighted by atomic mass is 10.00. The Bertz CT molecular complexity index is 1020. The number of nitrogens with one attached hydrogen (secondary N) is 2. The van der Waals surface area contributed by atoms with Crippen molar-refractivity contribution in [3.63, 3.8) is 0 Å². The van der Waals surface area contributed by atoms with Crippen LogP contribution in [0.25, 0.3) is 0 Å². The van der Waals surface area contributed by atoms with Gasteiger partial charge in [-0.25, -0.2) is 0 Å². The van der Waals surface area contributed by atoms with Gasteiger partial charge >= 0.3 is 0 Å². The molecule has 1 aromatic carbocycles. The van der Waals surface area contributed by atoms with Gasteiger partial charge in [-0.2, -0.15) is 0 Å². The van der Waals surface area contributed by atoms with Gasteiger partial charge < -0.3 is 20.4 Å². The van der Waals surface area contributed by atoms with Crippen molar-refractivity contribution in [2.45, 2.75) is 39.3 Å². The molecule has 2 fully saturated rings. The molecule has 8 heteroatoms. The Hall–Kier alpha value is -2.97. The number of piperazine rings is 2. The van der Waals surface area contributed by atoms with Crippen LogP contribution in [0.15, 0.2) is 42.6 Å². The van der Waals surface area contributed by atoms with Gasteiger partial charge in [0.15, 0.2) is 0 Å². The van der Waals surface area contributed by atoms with Crippen LogP contribution in [-0.4, -0.2) is 89.9 Å². The third-order valence-corrected chi connectivity index (χ3v) is 6.66. The Balaban J connectivity index is 1.68. The SMILES string of the molecule is CCCN1CCN(C(=O)c2ccccc2C(=O)N2CCNCC2)C(c2ncccc2NC(C)C)C1. The van der Waals surface area contributed by atoms with Crippen LogP contribution in [0, 0.1) is 0 Å². The number of rotatable bonds is 7. The molecule has 3 heterocycles. The molecule has 1 unspecified atom stereocenters. The second-order valence-electron chi connectivity index (χ2n) is 9.64. The van der Waals surface area contributed by atoms with Crippen LogP contribution in [0.1, 0.15) is 59.6 Å². The number of hydrogen-bond donors (Lipinski definition) is 2. The number of carbonyl (C=O) groups is 2. The first-order valence-corrected chi connectivity index (χ1v) is 12.8. The molecule has 2 saturated heterocycles. The summed E-state index contributed by atoms with van der Waals surface area (Å²) in [5, 5.41) is 6.78. The van der Waals surface area contributed by atoms with Crippen LogP contribution in [0.2, 0.25) is 0 Å². The van der Waals surface area contributed by atoms with Gasteiger partial charge in [-0.1, -0.05) is 19.1 Å². The molecular formula is C27H38N6O2. The third-order valence-electron chi connectivity index (χ3n) is 6.66. The molecule has 0 spiro atoms. The van der Waals surface area contributed by atoms with Crippen molar-refractivity contribution in [2.24, 2.45) is 0 Å². The molecule has 0 bridgehead atoms. The summed E-state index contributed by atoms with van der Waals surface area (Å²) in [6.45, 7) is 12.3. The van der Waals surface area contributed by atoms with Crippen molar-refractivity contribution < 1.29 is 9.59 Å². The lowest BCUT2D eigenvalue weighted by Crippen LogP contribution is -2.51. The highest BCUT2D eigenvalue weighted by Crippen LogP contribution is 2.31. The molecular weight excluding hydrogens is 440 g/mol. The molecule has 2 amide bonds. The number of anilines is 1. The van der Waals surface area contributed by atoms with Crippen LogP contribution in [-0.2, 0) is 0 Å². The summed E-state index contributed by atoms with van der Waals surface area (Å²) in [7, 11) is 0. The van der Waals surface area contributed by atoms with Gasteiger partial charge in [0.2, 0.25) is 0 Å². The molecule has 4 rings (SSSR count). The van der Waals surface area contributed by atoms with Crippen molar-refractivity contribution in [3.05, 3.63) is 59.4 Å². The highest BCUT2D eigenvalue weighted by atomic mass is 16.2. The van der Waals surface area contributed by atoms with Crippen molar-refractivity contribution in [3.8, 4) is 0 Å². The van der Waals surface area contributed by atoms with E-state index in [9.17, 15) is 9.59 Å². The maximum atomic E-state index is 14.1. The lowest BCUT2D eigenvalue weighted by Gasteiger charge is -2.42. The van der Waals surface area contributed by atoms with Crippen LogP contribution in [0.4, 0.5) is 5.69 Å². The minimum atomic E-state index is -0.201. The number of amides is 2. The van der Waals surface area contributed by atoms with Crippen LogP contribution in [0.5, 0.6) is 0 Å². The van der Waals surface area contributed by atoms with E-state index in [0.717, 1.165) is 50.5 Å². The number of benzene rings is 1. The van der Waals surface area contributed by atoms with Crippen LogP contribution in [0.3, 0.4) is 0 Å². The van der Waals surface area contributed by atoms with E-state index in [0.29, 0.717) is 30.8 Å². The molecule has 188 valence electrons. The monoisotopic (exact) mass is 478 g/mol. The molecule has 0 saturated carbocycles. The van der Waals surface area contributed by atoms with E-state index < -0.39 is 0 Å². The van der Waals surface area contributed by atoms with Gasteiger partial charge in [0.1, 0.15) is 0 Å². The number of aromatic nitrogens is 1. The quantitative estimate of drug-likeness (QED) is 0.637.